The van der Waals surface area contributed by atoms with Gasteiger partial charge < -0.3 is 10.1 Å². The van der Waals surface area contributed by atoms with Crippen molar-refractivity contribution in [3.8, 4) is 0 Å². The van der Waals surface area contributed by atoms with Crippen LogP contribution in [-0.4, -0.2) is 49.3 Å². The molecule has 1 saturated carbocycles. The van der Waals surface area contributed by atoms with E-state index in [-0.39, 0.29) is 0 Å². The number of nitrogens with one attached hydrogen (secondary N) is 1. The van der Waals surface area contributed by atoms with E-state index in [1.807, 2.05) is 0 Å². The van der Waals surface area contributed by atoms with Crippen molar-refractivity contribution >= 4 is 0 Å². The molecule has 2 aliphatic rings. The van der Waals surface area contributed by atoms with Gasteiger partial charge in [0.1, 0.15) is 0 Å². The molecule has 2 fully saturated rings. The van der Waals surface area contributed by atoms with E-state index in [9.17, 15) is 0 Å². The van der Waals surface area contributed by atoms with Crippen LogP contribution in [-0.2, 0) is 4.74 Å². The van der Waals surface area contributed by atoms with Crippen molar-refractivity contribution < 1.29 is 4.74 Å². The Balaban J connectivity index is 1.75. The lowest BCUT2D eigenvalue weighted by molar-refractivity contribution is -0.0997. The molecule has 19 heavy (non-hydrogen) atoms. The van der Waals surface area contributed by atoms with Crippen molar-refractivity contribution in [1.29, 1.82) is 0 Å². The quantitative estimate of drug-likeness (QED) is 0.750. The van der Waals surface area contributed by atoms with Gasteiger partial charge in [0.25, 0.3) is 0 Å². The molecule has 1 aliphatic carbocycles. The molecule has 112 valence electrons. The van der Waals surface area contributed by atoms with Crippen molar-refractivity contribution in [1.82, 2.24) is 10.2 Å². The van der Waals surface area contributed by atoms with Gasteiger partial charge in [0.15, 0.2) is 0 Å². The largest absolute Gasteiger partial charge is 0.375 e. The van der Waals surface area contributed by atoms with E-state index in [4.69, 9.17) is 4.74 Å². The van der Waals surface area contributed by atoms with Crippen LogP contribution in [0.25, 0.3) is 0 Å². The molecule has 1 saturated heterocycles. The summed E-state index contributed by atoms with van der Waals surface area (Å²) in [5, 5.41) is 3.63. The van der Waals surface area contributed by atoms with Gasteiger partial charge in [-0.3, -0.25) is 4.90 Å². The van der Waals surface area contributed by atoms with Crippen molar-refractivity contribution in [2.45, 2.75) is 71.1 Å². The second-order valence-electron chi connectivity index (χ2n) is 6.73. The standard InChI is InChI=1S/C16H32N2O/c1-13(2)8-9-17-12-14(3)18-10-11-19-16-7-5-4-6-15(16)18/h13-17H,4-12H2,1-3H3. The van der Waals surface area contributed by atoms with E-state index in [0.717, 1.165) is 32.2 Å². The molecule has 3 atom stereocenters. The van der Waals surface area contributed by atoms with E-state index in [0.29, 0.717) is 18.2 Å². The zero-order chi connectivity index (χ0) is 13.7. The summed E-state index contributed by atoms with van der Waals surface area (Å²) in [7, 11) is 0. The first-order valence-electron chi connectivity index (χ1n) is 8.26. The van der Waals surface area contributed by atoms with Gasteiger partial charge in [-0.1, -0.05) is 26.7 Å². The second kappa shape index (κ2) is 7.61. The van der Waals surface area contributed by atoms with Crippen LogP contribution < -0.4 is 5.32 Å². The molecule has 0 aromatic carbocycles. The number of hydrogen-bond acceptors (Lipinski definition) is 3. The molecular formula is C16H32N2O. The highest BCUT2D eigenvalue weighted by atomic mass is 16.5. The van der Waals surface area contributed by atoms with E-state index in [2.05, 4.69) is 31.0 Å². The Morgan fingerprint density at radius 3 is 2.79 bits per heavy atom. The molecule has 0 radical (unpaired) electrons. The zero-order valence-electron chi connectivity index (χ0n) is 13.0. The number of rotatable bonds is 6. The monoisotopic (exact) mass is 268 g/mol. The van der Waals surface area contributed by atoms with Gasteiger partial charge >= 0.3 is 0 Å². The molecule has 3 nitrogen and oxygen atoms in total. The molecule has 1 N–H and O–H groups in total. The maximum Gasteiger partial charge on any atom is 0.0731 e. The normalized spacial score (nSPS) is 30.3. The summed E-state index contributed by atoms with van der Waals surface area (Å²) >= 11 is 0. The minimum atomic E-state index is 0.514. The second-order valence-corrected chi connectivity index (χ2v) is 6.73. The number of nitrogens with zero attached hydrogens (tertiary/aromatic N) is 1. The predicted octanol–water partition coefficient (Wildman–Crippen LogP) is 2.65. The molecule has 3 heteroatoms. The number of ether oxygens (including phenoxy) is 1. The summed E-state index contributed by atoms with van der Waals surface area (Å²) in [6, 6.07) is 1.33. The Morgan fingerprint density at radius 1 is 1.21 bits per heavy atom. The average molecular weight is 268 g/mol. The fraction of sp³-hybridized carbons (Fsp3) is 1.00. The van der Waals surface area contributed by atoms with Crippen LogP contribution in [0.4, 0.5) is 0 Å². The van der Waals surface area contributed by atoms with Crippen molar-refractivity contribution in [2.24, 2.45) is 5.92 Å². The first kappa shape index (κ1) is 15.3. The SMILES string of the molecule is CC(C)CCNCC(C)N1CCOC2CCCCC21. The summed E-state index contributed by atoms with van der Waals surface area (Å²) in [6.45, 7) is 11.3. The van der Waals surface area contributed by atoms with Gasteiger partial charge in [0, 0.05) is 25.2 Å². The first-order valence-corrected chi connectivity index (χ1v) is 8.26. The molecule has 2 rings (SSSR count). The van der Waals surface area contributed by atoms with Crippen molar-refractivity contribution in [3.63, 3.8) is 0 Å². The maximum atomic E-state index is 5.96. The van der Waals surface area contributed by atoms with Gasteiger partial charge in [0.2, 0.25) is 0 Å². The van der Waals surface area contributed by atoms with Crippen molar-refractivity contribution in [2.75, 3.05) is 26.2 Å². The van der Waals surface area contributed by atoms with Crippen LogP contribution in [0.1, 0.15) is 52.9 Å². The van der Waals surface area contributed by atoms with E-state index in [1.54, 1.807) is 0 Å². The fourth-order valence-corrected chi connectivity index (χ4v) is 3.49. The molecule has 0 aromatic rings. The average Bonchev–Trinajstić information content (AvgIpc) is 2.42. The van der Waals surface area contributed by atoms with Crippen LogP contribution >= 0.6 is 0 Å². The third-order valence-corrected chi connectivity index (χ3v) is 4.68. The number of hydrogen-bond donors (Lipinski definition) is 1. The minimum Gasteiger partial charge on any atom is -0.375 e. The lowest BCUT2D eigenvalue weighted by atomic mass is 9.89. The molecule has 0 amide bonds. The van der Waals surface area contributed by atoms with Gasteiger partial charge in [0.05, 0.1) is 12.7 Å². The lowest BCUT2D eigenvalue weighted by Crippen LogP contribution is -2.57. The molecule has 0 aromatic heterocycles. The highest BCUT2D eigenvalue weighted by molar-refractivity contribution is 4.90. The Kier molecular flexibility index (Phi) is 6.11. The lowest BCUT2D eigenvalue weighted by Gasteiger charge is -2.46. The predicted molar refractivity (Wildman–Crippen MR) is 80.5 cm³/mol. The first-order chi connectivity index (χ1) is 9.18. The highest BCUT2D eigenvalue weighted by Crippen LogP contribution is 2.29. The Morgan fingerprint density at radius 2 is 2.00 bits per heavy atom. The Labute approximate surface area is 119 Å². The molecule has 3 unspecified atom stereocenters. The molecule has 0 bridgehead atoms. The van der Waals surface area contributed by atoms with Gasteiger partial charge in [-0.2, -0.15) is 0 Å². The highest BCUT2D eigenvalue weighted by Gasteiger charge is 2.35. The summed E-state index contributed by atoms with van der Waals surface area (Å²) in [4.78, 5) is 2.70. The molecular weight excluding hydrogens is 236 g/mol. The van der Waals surface area contributed by atoms with Crippen LogP contribution in [0.2, 0.25) is 0 Å². The molecule has 1 aliphatic heterocycles. The minimum absolute atomic E-state index is 0.514. The molecule has 1 heterocycles. The Hall–Kier alpha value is -0.120. The van der Waals surface area contributed by atoms with Gasteiger partial charge in [-0.05, 0) is 38.6 Å². The van der Waals surface area contributed by atoms with Crippen LogP contribution in [0.3, 0.4) is 0 Å². The van der Waals surface area contributed by atoms with E-state index in [1.165, 1.54) is 32.1 Å². The van der Waals surface area contributed by atoms with Crippen LogP contribution in [0, 0.1) is 5.92 Å². The van der Waals surface area contributed by atoms with Gasteiger partial charge in [-0.25, -0.2) is 0 Å². The molecule has 0 spiro atoms. The summed E-state index contributed by atoms with van der Waals surface area (Å²) in [5.74, 6) is 0.800. The van der Waals surface area contributed by atoms with E-state index >= 15 is 0 Å². The zero-order valence-corrected chi connectivity index (χ0v) is 13.0. The van der Waals surface area contributed by atoms with Crippen LogP contribution in [0.5, 0.6) is 0 Å². The number of fused-ring (bicyclic) bond motifs is 1. The van der Waals surface area contributed by atoms with Crippen LogP contribution in [0.15, 0.2) is 0 Å². The summed E-state index contributed by atoms with van der Waals surface area (Å²) in [5.41, 5.74) is 0. The maximum absolute atomic E-state index is 5.96. The Bertz CT molecular complexity index is 255. The number of morpholine rings is 1. The third-order valence-electron chi connectivity index (χ3n) is 4.68. The topological polar surface area (TPSA) is 24.5 Å². The van der Waals surface area contributed by atoms with E-state index < -0.39 is 0 Å². The fourth-order valence-electron chi connectivity index (χ4n) is 3.49. The summed E-state index contributed by atoms with van der Waals surface area (Å²) in [6.07, 6.45) is 7.14. The summed E-state index contributed by atoms with van der Waals surface area (Å²) < 4.78 is 5.96. The van der Waals surface area contributed by atoms with Crippen molar-refractivity contribution in [3.05, 3.63) is 0 Å². The van der Waals surface area contributed by atoms with Gasteiger partial charge in [-0.15, -0.1) is 0 Å². The smallest absolute Gasteiger partial charge is 0.0731 e. The third kappa shape index (κ3) is 4.44.